The summed E-state index contributed by atoms with van der Waals surface area (Å²) in [7, 11) is -3.53. The first kappa shape index (κ1) is 14.2. The maximum absolute atomic E-state index is 12.0. The molecule has 0 radical (unpaired) electrons. The lowest BCUT2D eigenvalue weighted by Gasteiger charge is -2.02. The summed E-state index contributed by atoms with van der Waals surface area (Å²) in [6, 6.07) is 6.88. The topological polar surface area (TPSA) is 70.0 Å². The van der Waals surface area contributed by atoms with Crippen LogP contribution >= 0.6 is 22.7 Å². The van der Waals surface area contributed by atoms with Crippen LogP contribution in [0.5, 0.6) is 0 Å². The molecule has 0 saturated carbocycles. The van der Waals surface area contributed by atoms with E-state index in [4.69, 9.17) is 5.26 Å². The van der Waals surface area contributed by atoms with Gasteiger partial charge in [-0.05, 0) is 37.6 Å². The molecule has 1 N–H and O–H groups in total. The molecule has 0 unspecified atom stereocenters. The van der Waals surface area contributed by atoms with Crippen molar-refractivity contribution >= 4 is 32.7 Å². The third-order valence-corrected chi connectivity index (χ3v) is 6.65. The SMILES string of the molecule is Cc1cc(CNS(=O)(=O)c2ccc(C#N)s2)sc1C. The van der Waals surface area contributed by atoms with E-state index in [-0.39, 0.29) is 10.8 Å². The van der Waals surface area contributed by atoms with Gasteiger partial charge in [0.1, 0.15) is 15.2 Å². The smallest absolute Gasteiger partial charge is 0.206 e. The van der Waals surface area contributed by atoms with Crippen LogP contribution in [0.4, 0.5) is 0 Å². The second-order valence-corrected chi connectivity index (χ2v) is 8.43. The molecule has 4 nitrogen and oxygen atoms in total. The Hall–Kier alpha value is -1.20. The Balaban J connectivity index is 2.12. The van der Waals surface area contributed by atoms with Gasteiger partial charge in [0, 0.05) is 16.3 Å². The molecule has 19 heavy (non-hydrogen) atoms. The predicted octanol–water partition coefficient (Wildman–Crippen LogP) is 2.78. The van der Waals surface area contributed by atoms with Gasteiger partial charge in [-0.15, -0.1) is 22.7 Å². The van der Waals surface area contributed by atoms with Gasteiger partial charge in [-0.25, -0.2) is 13.1 Å². The second-order valence-electron chi connectivity index (χ2n) is 4.01. The van der Waals surface area contributed by atoms with Crippen molar-refractivity contribution in [3.05, 3.63) is 38.4 Å². The van der Waals surface area contributed by atoms with Gasteiger partial charge in [-0.1, -0.05) is 0 Å². The molecule has 2 aromatic heterocycles. The summed E-state index contributed by atoms with van der Waals surface area (Å²) in [5, 5.41) is 8.70. The molecule has 0 bridgehead atoms. The van der Waals surface area contributed by atoms with E-state index in [9.17, 15) is 8.42 Å². The lowest BCUT2D eigenvalue weighted by molar-refractivity contribution is 0.584. The molecule has 0 aliphatic rings. The van der Waals surface area contributed by atoms with Crippen molar-refractivity contribution in [1.29, 1.82) is 5.26 Å². The zero-order chi connectivity index (χ0) is 14.0. The summed E-state index contributed by atoms with van der Waals surface area (Å²) in [4.78, 5) is 2.57. The summed E-state index contributed by atoms with van der Waals surface area (Å²) in [6.45, 7) is 4.29. The van der Waals surface area contributed by atoms with Crippen molar-refractivity contribution in [2.24, 2.45) is 0 Å². The van der Waals surface area contributed by atoms with Crippen molar-refractivity contribution in [2.45, 2.75) is 24.6 Å². The molecule has 0 atom stereocenters. The van der Waals surface area contributed by atoms with E-state index < -0.39 is 10.0 Å². The van der Waals surface area contributed by atoms with Crippen molar-refractivity contribution < 1.29 is 8.42 Å². The molecule has 0 spiro atoms. The molecule has 2 aromatic rings. The van der Waals surface area contributed by atoms with E-state index in [1.54, 1.807) is 11.3 Å². The summed E-state index contributed by atoms with van der Waals surface area (Å²) in [5.41, 5.74) is 1.17. The lowest BCUT2D eigenvalue weighted by atomic mass is 10.3. The molecule has 0 aromatic carbocycles. The van der Waals surface area contributed by atoms with Gasteiger partial charge >= 0.3 is 0 Å². The van der Waals surface area contributed by atoms with E-state index >= 15 is 0 Å². The van der Waals surface area contributed by atoms with Gasteiger partial charge in [-0.2, -0.15) is 5.26 Å². The van der Waals surface area contributed by atoms with Crippen LogP contribution in [-0.2, 0) is 16.6 Å². The van der Waals surface area contributed by atoms with E-state index in [2.05, 4.69) is 4.72 Å². The molecule has 7 heteroatoms. The van der Waals surface area contributed by atoms with Crippen molar-refractivity contribution in [1.82, 2.24) is 4.72 Å². The first-order chi connectivity index (χ1) is 8.92. The Labute approximate surface area is 120 Å². The zero-order valence-electron chi connectivity index (χ0n) is 10.4. The molecule has 0 fully saturated rings. The molecule has 100 valence electrons. The average molecular weight is 312 g/mol. The highest BCUT2D eigenvalue weighted by Gasteiger charge is 2.17. The van der Waals surface area contributed by atoms with Crippen LogP contribution in [0.15, 0.2) is 22.4 Å². The van der Waals surface area contributed by atoms with E-state index in [1.165, 1.54) is 22.6 Å². The van der Waals surface area contributed by atoms with E-state index in [1.807, 2.05) is 26.0 Å². The zero-order valence-corrected chi connectivity index (χ0v) is 12.9. The van der Waals surface area contributed by atoms with Crippen LogP contribution in [0.2, 0.25) is 0 Å². The Morgan fingerprint density at radius 3 is 2.58 bits per heavy atom. The molecular weight excluding hydrogens is 300 g/mol. The van der Waals surface area contributed by atoms with Gasteiger partial charge in [0.15, 0.2) is 0 Å². The third kappa shape index (κ3) is 3.22. The fourth-order valence-electron chi connectivity index (χ4n) is 1.50. The number of thiophene rings is 2. The third-order valence-electron chi connectivity index (χ3n) is 2.61. The largest absolute Gasteiger partial charge is 0.250 e. The highest BCUT2D eigenvalue weighted by molar-refractivity contribution is 7.91. The summed E-state index contributed by atoms with van der Waals surface area (Å²) < 4.78 is 26.8. The first-order valence-electron chi connectivity index (χ1n) is 5.48. The molecule has 0 aliphatic heterocycles. The first-order valence-corrected chi connectivity index (χ1v) is 8.59. The monoisotopic (exact) mass is 312 g/mol. The Morgan fingerprint density at radius 2 is 2.05 bits per heavy atom. The Morgan fingerprint density at radius 1 is 1.32 bits per heavy atom. The molecule has 2 heterocycles. The minimum atomic E-state index is -3.53. The van der Waals surface area contributed by atoms with Gasteiger partial charge < -0.3 is 0 Å². The van der Waals surface area contributed by atoms with Crippen LogP contribution in [0.3, 0.4) is 0 Å². The van der Waals surface area contributed by atoms with Crippen molar-refractivity contribution in [3.63, 3.8) is 0 Å². The van der Waals surface area contributed by atoms with Crippen LogP contribution in [0, 0.1) is 25.2 Å². The number of hydrogen-bond acceptors (Lipinski definition) is 5. The molecule has 0 amide bonds. The van der Waals surface area contributed by atoms with E-state index in [0.29, 0.717) is 4.88 Å². The number of hydrogen-bond donors (Lipinski definition) is 1. The minimum absolute atomic E-state index is 0.175. The van der Waals surface area contributed by atoms with Gasteiger partial charge in [-0.3, -0.25) is 0 Å². The second kappa shape index (κ2) is 5.43. The fraction of sp³-hybridized carbons (Fsp3) is 0.250. The average Bonchev–Trinajstić information content (AvgIpc) is 2.95. The summed E-state index contributed by atoms with van der Waals surface area (Å²) >= 11 is 2.56. The molecule has 0 aliphatic carbocycles. The predicted molar refractivity (Wildman–Crippen MR) is 76.9 cm³/mol. The number of nitrogens with one attached hydrogen (secondary N) is 1. The van der Waals surface area contributed by atoms with Crippen LogP contribution in [0.1, 0.15) is 20.2 Å². The normalized spacial score (nSPS) is 11.4. The van der Waals surface area contributed by atoms with Crippen LogP contribution < -0.4 is 4.72 Å². The highest BCUT2D eigenvalue weighted by atomic mass is 32.2. The number of nitriles is 1. The lowest BCUT2D eigenvalue weighted by Crippen LogP contribution is -2.21. The standard InChI is InChI=1S/C12H12N2O2S3/c1-8-5-11(17-9(8)2)7-14-19(15,16)12-4-3-10(6-13)18-12/h3-5,14H,7H2,1-2H3. The van der Waals surface area contributed by atoms with Gasteiger partial charge in [0.25, 0.3) is 0 Å². The quantitative estimate of drug-likeness (QED) is 0.943. The van der Waals surface area contributed by atoms with Crippen molar-refractivity contribution in [2.75, 3.05) is 0 Å². The van der Waals surface area contributed by atoms with Crippen LogP contribution in [-0.4, -0.2) is 8.42 Å². The highest BCUT2D eigenvalue weighted by Crippen LogP contribution is 2.23. The molecule has 2 rings (SSSR count). The van der Waals surface area contributed by atoms with Crippen LogP contribution in [0.25, 0.3) is 0 Å². The maximum Gasteiger partial charge on any atom is 0.250 e. The molecular formula is C12H12N2O2S3. The number of nitrogens with zero attached hydrogens (tertiary/aromatic N) is 1. The Bertz CT molecular complexity index is 716. The summed E-state index contributed by atoms with van der Waals surface area (Å²) in [5.74, 6) is 0. The number of aryl methyl sites for hydroxylation is 2. The maximum atomic E-state index is 12.0. The number of rotatable bonds is 4. The van der Waals surface area contributed by atoms with E-state index in [0.717, 1.165) is 16.2 Å². The van der Waals surface area contributed by atoms with Gasteiger partial charge in [0.05, 0.1) is 0 Å². The minimum Gasteiger partial charge on any atom is -0.206 e. The van der Waals surface area contributed by atoms with Crippen molar-refractivity contribution in [3.8, 4) is 6.07 Å². The fourth-order valence-corrected chi connectivity index (χ4v) is 4.74. The van der Waals surface area contributed by atoms with Gasteiger partial charge in [0.2, 0.25) is 10.0 Å². The molecule has 0 saturated heterocycles. The summed E-state index contributed by atoms with van der Waals surface area (Å²) in [6.07, 6.45) is 0. The number of sulfonamides is 1. The Kier molecular flexibility index (Phi) is 4.06.